The largest absolute Gasteiger partial charge is 0.349 e. The van der Waals surface area contributed by atoms with Crippen LogP contribution in [0.4, 0.5) is 8.78 Å². The molecule has 4 heterocycles. The smallest absolute Gasteiger partial charge is 0.279 e. The number of hydrogen-bond donors (Lipinski definition) is 4. The lowest BCUT2D eigenvalue weighted by Crippen LogP contribution is -2.27. The number of carbonyl (C=O) groups is 2. The number of H-pyrrole nitrogens is 2. The first kappa shape index (κ1) is 31.1. The zero-order chi connectivity index (χ0) is 32.5. The van der Waals surface area contributed by atoms with Crippen molar-refractivity contribution in [2.24, 2.45) is 0 Å². The molecule has 16 heteroatoms. The Bertz CT molecular complexity index is 2000. The highest BCUT2D eigenvalue weighted by Gasteiger charge is 2.10. The van der Waals surface area contributed by atoms with Gasteiger partial charge < -0.3 is 20.6 Å². The molecule has 2 amide bonds. The van der Waals surface area contributed by atoms with Crippen molar-refractivity contribution < 1.29 is 18.4 Å². The fourth-order valence-electron chi connectivity index (χ4n) is 4.16. The van der Waals surface area contributed by atoms with Crippen LogP contribution in [0, 0.1) is 11.6 Å². The fraction of sp³-hybridized carbons (Fsp3) is 0.133. The molecule has 2 aromatic carbocycles. The van der Waals surface area contributed by atoms with Crippen LogP contribution in [-0.2, 0) is 35.5 Å². The van der Waals surface area contributed by atoms with Gasteiger partial charge in [0.05, 0.1) is 25.9 Å². The lowest BCUT2D eigenvalue weighted by atomic mass is 10.1. The van der Waals surface area contributed by atoms with Crippen LogP contribution in [0.1, 0.15) is 22.8 Å². The summed E-state index contributed by atoms with van der Waals surface area (Å²) in [7, 11) is 0. The second-order valence-electron chi connectivity index (χ2n) is 9.65. The number of carbonyl (C=O) groups excluding carboxylic acids is 2. The Kier molecular flexibility index (Phi) is 9.76. The van der Waals surface area contributed by atoms with E-state index < -0.39 is 22.8 Å². The van der Waals surface area contributed by atoms with E-state index in [1.807, 2.05) is 0 Å². The Morgan fingerprint density at radius 2 is 1.04 bits per heavy atom. The predicted molar refractivity (Wildman–Crippen MR) is 160 cm³/mol. The van der Waals surface area contributed by atoms with Gasteiger partial charge in [0.2, 0.25) is 11.8 Å². The molecule has 0 spiro atoms. The number of amides is 2. The second kappa shape index (κ2) is 14.4. The topological polar surface area (TPSA) is 201 Å². The summed E-state index contributed by atoms with van der Waals surface area (Å²) >= 11 is 0. The van der Waals surface area contributed by atoms with E-state index in [0.29, 0.717) is 11.1 Å². The van der Waals surface area contributed by atoms with Crippen LogP contribution in [0.5, 0.6) is 0 Å². The molecule has 0 fully saturated rings. The zero-order valence-electron chi connectivity index (χ0n) is 23.8. The molecule has 0 aliphatic heterocycles. The summed E-state index contributed by atoms with van der Waals surface area (Å²) in [6, 6.07) is 11.6. The molecule has 4 N–H and O–H groups in total. The molecule has 0 saturated heterocycles. The monoisotopic (exact) mass is 626 g/mol. The molecule has 6 aromatic rings. The molecule has 0 radical (unpaired) electrons. The maximum atomic E-state index is 13.1. The van der Waals surface area contributed by atoms with Gasteiger partial charge in [0, 0.05) is 24.8 Å². The number of hydrogen-bond acceptors (Lipinski definition) is 10. The third-order valence-electron chi connectivity index (χ3n) is 6.20. The van der Waals surface area contributed by atoms with E-state index in [9.17, 15) is 28.0 Å². The van der Waals surface area contributed by atoms with Crippen molar-refractivity contribution in [3.8, 4) is 0 Å². The van der Waals surface area contributed by atoms with Crippen molar-refractivity contribution >= 4 is 34.1 Å². The molecule has 0 aliphatic rings. The average Bonchev–Trinajstić information content (AvgIpc) is 3.03. The molecule has 0 saturated carbocycles. The Hall–Kier alpha value is -6.32. The van der Waals surface area contributed by atoms with Crippen LogP contribution in [0.2, 0.25) is 0 Å². The number of nitrogens with one attached hydrogen (secondary N) is 4. The number of rotatable bonds is 8. The van der Waals surface area contributed by atoms with E-state index in [1.165, 1.54) is 49.1 Å². The minimum atomic E-state index is -0.419. The molecule has 0 aliphatic carbocycles. The molecule has 0 unspecified atom stereocenters. The number of nitrogens with zero attached hydrogens (tertiary/aromatic N) is 6. The Morgan fingerprint density at radius 1 is 0.630 bits per heavy atom. The number of benzene rings is 2. The second-order valence-corrected chi connectivity index (χ2v) is 9.65. The van der Waals surface area contributed by atoms with Gasteiger partial charge in [0.15, 0.2) is 22.3 Å². The van der Waals surface area contributed by atoms with Gasteiger partial charge in [-0.1, -0.05) is 24.3 Å². The summed E-state index contributed by atoms with van der Waals surface area (Å²) in [5, 5.41) is 5.23. The van der Waals surface area contributed by atoms with E-state index in [1.54, 1.807) is 24.3 Å². The summed E-state index contributed by atoms with van der Waals surface area (Å²) < 4.78 is 26.1. The van der Waals surface area contributed by atoms with Gasteiger partial charge in [-0.15, -0.1) is 0 Å². The van der Waals surface area contributed by atoms with Crippen molar-refractivity contribution in [3.63, 3.8) is 0 Å². The first-order valence-corrected chi connectivity index (χ1v) is 13.7. The predicted octanol–water partition coefficient (Wildman–Crippen LogP) is 1.42. The quantitative estimate of drug-likeness (QED) is 0.191. The van der Waals surface area contributed by atoms with Gasteiger partial charge in [0.1, 0.15) is 23.3 Å². The van der Waals surface area contributed by atoms with E-state index >= 15 is 0 Å². The first-order valence-electron chi connectivity index (χ1n) is 13.7. The van der Waals surface area contributed by atoms with Gasteiger partial charge in [0.25, 0.3) is 11.1 Å². The fourth-order valence-corrected chi connectivity index (χ4v) is 4.16. The van der Waals surface area contributed by atoms with Crippen molar-refractivity contribution in [1.29, 1.82) is 0 Å². The molecular formula is C30H24F2N10O4. The first-order chi connectivity index (χ1) is 22.2. The highest BCUT2D eigenvalue weighted by molar-refractivity contribution is 5.79. The van der Waals surface area contributed by atoms with Crippen molar-refractivity contribution in [2.45, 2.75) is 25.9 Å². The van der Waals surface area contributed by atoms with Crippen LogP contribution in [0.25, 0.3) is 22.3 Å². The van der Waals surface area contributed by atoms with E-state index in [0.717, 1.165) is 0 Å². The van der Waals surface area contributed by atoms with Gasteiger partial charge in [-0.2, -0.15) is 0 Å². The third-order valence-corrected chi connectivity index (χ3v) is 6.20. The van der Waals surface area contributed by atoms with Gasteiger partial charge >= 0.3 is 0 Å². The highest BCUT2D eigenvalue weighted by atomic mass is 19.1. The van der Waals surface area contributed by atoms with Crippen molar-refractivity contribution in [1.82, 2.24) is 50.5 Å². The maximum Gasteiger partial charge on any atom is 0.279 e. The molecule has 6 rings (SSSR count). The Morgan fingerprint density at radius 3 is 1.46 bits per heavy atom. The number of halogens is 2. The summed E-state index contributed by atoms with van der Waals surface area (Å²) in [5.41, 5.74) is 0.998. The Labute approximate surface area is 257 Å². The number of aromatic amines is 2. The van der Waals surface area contributed by atoms with Crippen molar-refractivity contribution in [3.05, 3.63) is 128 Å². The Balaban J connectivity index is 0.000000181. The minimum absolute atomic E-state index is 0.0371. The average molecular weight is 627 g/mol. The van der Waals surface area contributed by atoms with Crippen molar-refractivity contribution in [2.75, 3.05) is 0 Å². The summed E-state index contributed by atoms with van der Waals surface area (Å²) in [5.74, 6) is -0.857. The molecule has 0 bridgehead atoms. The molecule has 14 nitrogen and oxygen atoms in total. The van der Waals surface area contributed by atoms with Gasteiger partial charge in [-0.05, 0) is 35.4 Å². The third kappa shape index (κ3) is 8.40. The van der Waals surface area contributed by atoms with E-state index in [4.69, 9.17) is 0 Å². The van der Waals surface area contributed by atoms with E-state index in [-0.39, 0.29) is 71.7 Å². The summed E-state index contributed by atoms with van der Waals surface area (Å²) in [6.07, 6.45) is 5.74. The molecule has 4 aromatic heterocycles. The van der Waals surface area contributed by atoms with Crippen LogP contribution in [0.3, 0.4) is 0 Å². The van der Waals surface area contributed by atoms with Crippen LogP contribution >= 0.6 is 0 Å². The standard InChI is InChI=1S/2C15H12FN5O2/c2*16-10-3-1-2-9(6-10)7-12(22)19-8-11-20-14-13(15(23)21-11)17-4-5-18-14/h2*1-6H,7-8H2,(H,19,22)(H,18,20,21,23). The summed E-state index contributed by atoms with van der Waals surface area (Å²) in [6.45, 7) is 0.0752. The van der Waals surface area contributed by atoms with Crippen LogP contribution in [-0.4, -0.2) is 51.7 Å². The molecule has 232 valence electrons. The number of aromatic nitrogens is 8. The van der Waals surface area contributed by atoms with Crippen LogP contribution < -0.4 is 21.8 Å². The summed E-state index contributed by atoms with van der Waals surface area (Å²) in [4.78, 5) is 76.4. The maximum absolute atomic E-state index is 13.1. The highest BCUT2D eigenvalue weighted by Crippen LogP contribution is 2.06. The van der Waals surface area contributed by atoms with Crippen LogP contribution in [0.15, 0.2) is 82.9 Å². The molecule has 0 atom stereocenters. The SMILES string of the molecule is O=C(Cc1cccc(F)c1)NCc1nc2nccnc2c(=O)[nH]1.O=C(Cc1cccc(F)c1)NCc1nc2nccnc2c(=O)[nH]1. The van der Waals surface area contributed by atoms with Gasteiger partial charge in [-0.25, -0.2) is 38.7 Å². The van der Waals surface area contributed by atoms with E-state index in [2.05, 4.69) is 50.5 Å². The lowest BCUT2D eigenvalue weighted by Gasteiger charge is -2.05. The van der Waals surface area contributed by atoms with Gasteiger partial charge in [-0.3, -0.25) is 19.2 Å². The molecular weight excluding hydrogens is 602 g/mol. The zero-order valence-corrected chi connectivity index (χ0v) is 23.8. The normalized spacial score (nSPS) is 10.7. The lowest BCUT2D eigenvalue weighted by molar-refractivity contribution is -0.121. The molecule has 46 heavy (non-hydrogen) atoms. The number of fused-ring (bicyclic) bond motifs is 2. The minimum Gasteiger partial charge on any atom is -0.349 e.